The van der Waals surface area contributed by atoms with Gasteiger partial charge < -0.3 is 15.0 Å². The molecule has 1 aliphatic heterocycles. The van der Waals surface area contributed by atoms with Crippen LogP contribution >= 0.6 is 11.8 Å². The minimum Gasteiger partial charge on any atom is -0.497 e. The number of rotatable bonds is 7. The Bertz CT molecular complexity index is 975. The number of benzene rings is 2. The lowest BCUT2D eigenvalue weighted by atomic mass is 10.2. The maximum atomic E-state index is 12.7. The van der Waals surface area contributed by atoms with Crippen LogP contribution in [-0.2, 0) is 11.3 Å². The maximum Gasteiger partial charge on any atom is 0.233 e. The number of methoxy groups -OCH3 is 1. The van der Waals surface area contributed by atoms with E-state index in [0.717, 1.165) is 48.0 Å². The third-order valence-corrected chi connectivity index (χ3v) is 6.18. The summed E-state index contributed by atoms with van der Waals surface area (Å²) < 4.78 is 5.25. The summed E-state index contributed by atoms with van der Waals surface area (Å²) in [6.45, 7) is 4.75. The van der Waals surface area contributed by atoms with Gasteiger partial charge in [0.1, 0.15) is 5.75 Å². The molecule has 0 saturated carbocycles. The predicted molar refractivity (Wildman–Crippen MR) is 116 cm³/mol. The molecule has 3 aromatic rings. The van der Waals surface area contributed by atoms with Crippen LogP contribution in [0.1, 0.15) is 18.9 Å². The molecule has 29 heavy (non-hydrogen) atoms. The van der Waals surface area contributed by atoms with Crippen LogP contribution < -0.4 is 10.1 Å². The Balaban J connectivity index is 1.29. The van der Waals surface area contributed by atoms with Crippen LogP contribution in [0.2, 0.25) is 0 Å². The highest BCUT2D eigenvalue weighted by molar-refractivity contribution is 8.00. The number of imidazole rings is 1. The van der Waals surface area contributed by atoms with Crippen LogP contribution in [0.25, 0.3) is 11.0 Å². The van der Waals surface area contributed by atoms with E-state index in [1.165, 1.54) is 17.3 Å². The SMILES string of the molecule is COc1ccc2nc(SC(C)C(=O)NC3CCN(Cc4ccccc4)C3)[nH]c2c1. The fraction of sp³-hybridized carbons (Fsp3) is 0.364. The molecule has 2 unspecified atom stereocenters. The Labute approximate surface area is 175 Å². The number of hydrogen-bond acceptors (Lipinski definition) is 5. The van der Waals surface area contributed by atoms with Crippen LogP contribution in [0.5, 0.6) is 5.75 Å². The summed E-state index contributed by atoms with van der Waals surface area (Å²) in [5, 5.41) is 3.73. The molecule has 0 spiro atoms. The predicted octanol–water partition coefficient (Wildman–Crippen LogP) is 3.44. The number of nitrogens with zero attached hydrogens (tertiary/aromatic N) is 2. The van der Waals surface area contributed by atoms with Crippen molar-refractivity contribution < 1.29 is 9.53 Å². The zero-order chi connectivity index (χ0) is 20.2. The summed E-state index contributed by atoms with van der Waals surface area (Å²) in [5.41, 5.74) is 3.09. The van der Waals surface area contributed by atoms with Gasteiger partial charge >= 0.3 is 0 Å². The minimum absolute atomic E-state index is 0.0552. The van der Waals surface area contributed by atoms with Crippen molar-refractivity contribution in [2.45, 2.75) is 36.3 Å². The van der Waals surface area contributed by atoms with E-state index in [2.05, 4.69) is 44.5 Å². The van der Waals surface area contributed by atoms with E-state index in [-0.39, 0.29) is 17.2 Å². The molecule has 2 N–H and O–H groups in total. The summed E-state index contributed by atoms with van der Waals surface area (Å²) in [6, 6.07) is 16.4. The van der Waals surface area contributed by atoms with Crippen molar-refractivity contribution in [3.63, 3.8) is 0 Å². The maximum absolute atomic E-state index is 12.7. The van der Waals surface area contributed by atoms with Gasteiger partial charge in [0, 0.05) is 31.7 Å². The third-order valence-electron chi connectivity index (χ3n) is 5.19. The average molecular weight is 411 g/mol. The van der Waals surface area contributed by atoms with Gasteiger partial charge in [0.15, 0.2) is 5.16 Å². The number of amides is 1. The van der Waals surface area contributed by atoms with Crippen molar-refractivity contribution >= 4 is 28.7 Å². The van der Waals surface area contributed by atoms with E-state index in [1.807, 2.05) is 31.2 Å². The van der Waals surface area contributed by atoms with Crippen LogP contribution in [0.4, 0.5) is 0 Å². The Morgan fingerprint density at radius 2 is 2.17 bits per heavy atom. The number of thioether (sulfide) groups is 1. The Morgan fingerprint density at radius 3 is 2.97 bits per heavy atom. The highest BCUT2D eigenvalue weighted by atomic mass is 32.2. The molecule has 0 aliphatic carbocycles. The second kappa shape index (κ2) is 8.88. The monoisotopic (exact) mass is 410 g/mol. The highest BCUT2D eigenvalue weighted by Crippen LogP contribution is 2.26. The topological polar surface area (TPSA) is 70.2 Å². The molecular weight excluding hydrogens is 384 g/mol. The van der Waals surface area contributed by atoms with E-state index in [9.17, 15) is 4.79 Å². The molecule has 1 fully saturated rings. The summed E-state index contributed by atoms with van der Waals surface area (Å²) in [7, 11) is 1.64. The number of carbonyl (C=O) groups excluding carboxylic acids is 1. The number of likely N-dealkylation sites (tertiary alicyclic amines) is 1. The Kier molecular flexibility index (Phi) is 6.06. The van der Waals surface area contributed by atoms with Crippen molar-refractivity contribution in [1.29, 1.82) is 0 Å². The molecule has 0 bridgehead atoms. The molecule has 4 rings (SSSR count). The zero-order valence-corrected chi connectivity index (χ0v) is 17.5. The van der Waals surface area contributed by atoms with Gasteiger partial charge in [-0.15, -0.1) is 0 Å². The Morgan fingerprint density at radius 1 is 1.34 bits per heavy atom. The number of fused-ring (bicyclic) bond motifs is 1. The summed E-state index contributed by atoms with van der Waals surface area (Å²) in [6.07, 6.45) is 0.987. The van der Waals surface area contributed by atoms with Crippen LogP contribution in [0.3, 0.4) is 0 Å². The lowest BCUT2D eigenvalue weighted by Crippen LogP contribution is -2.40. The first-order valence-electron chi connectivity index (χ1n) is 9.88. The molecule has 2 heterocycles. The van der Waals surface area contributed by atoms with Crippen molar-refractivity contribution in [3.05, 3.63) is 54.1 Å². The molecule has 1 aromatic heterocycles. The number of carbonyl (C=O) groups is 1. The first-order chi connectivity index (χ1) is 14.1. The second-order valence-electron chi connectivity index (χ2n) is 7.40. The Hall–Kier alpha value is -2.51. The lowest BCUT2D eigenvalue weighted by Gasteiger charge is -2.18. The van der Waals surface area contributed by atoms with Gasteiger partial charge in [-0.25, -0.2) is 4.98 Å². The minimum atomic E-state index is -0.222. The normalized spacial score (nSPS) is 18.1. The fourth-order valence-electron chi connectivity index (χ4n) is 3.62. The van der Waals surface area contributed by atoms with Gasteiger partial charge in [-0.3, -0.25) is 9.69 Å². The van der Waals surface area contributed by atoms with Gasteiger partial charge in [0.25, 0.3) is 0 Å². The van der Waals surface area contributed by atoms with E-state index in [0.29, 0.717) is 0 Å². The van der Waals surface area contributed by atoms with Crippen molar-refractivity contribution in [1.82, 2.24) is 20.2 Å². The number of hydrogen-bond donors (Lipinski definition) is 2. The molecule has 7 heteroatoms. The molecule has 2 aromatic carbocycles. The molecular formula is C22H26N4O2S. The molecule has 152 valence electrons. The highest BCUT2D eigenvalue weighted by Gasteiger charge is 2.26. The van der Waals surface area contributed by atoms with E-state index in [4.69, 9.17) is 4.74 Å². The summed E-state index contributed by atoms with van der Waals surface area (Å²) >= 11 is 1.44. The smallest absolute Gasteiger partial charge is 0.233 e. The quantitative estimate of drug-likeness (QED) is 0.584. The number of nitrogens with one attached hydrogen (secondary N) is 2. The van der Waals surface area contributed by atoms with Gasteiger partial charge in [0.2, 0.25) is 5.91 Å². The van der Waals surface area contributed by atoms with E-state index < -0.39 is 0 Å². The van der Waals surface area contributed by atoms with Crippen LogP contribution in [0.15, 0.2) is 53.7 Å². The first-order valence-corrected chi connectivity index (χ1v) is 10.8. The van der Waals surface area contributed by atoms with Crippen LogP contribution in [0, 0.1) is 0 Å². The van der Waals surface area contributed by atoms with Crippen molar-refractivity contribution in [3.8, 4) is 5.75 Å². The number of ether oxygens (including phenoxy) is 1. The summed E-state index contributed by atoms with van der Waals surface area (Å²) in [4.78, 5) is 22.9. The number of aromatic amines is 1. The standard InChI is InChI=1S/C22H26N4O2S/c1-15(29-22-24-19-9-8-18(28-2)12-20(19)25-22)21(27)23-17-10-11-26(14-17)13-16-6-4-3-5-7-16/h3-9,12,15,17H,10-11,13-14H2,1-2H3,(H,23,27)(H,24,25). The largest absolute Gasteiger partial charge is 0.497 e. The van der Waals surface area contributed by atoms with Gasteiger partial charge in [0.05, 0.1) is 23.4 Å². The van der Waals surface area contributed by atoms with Crippen molar-refractivity contribution in [2.24, 2.45) is 0 Å². The van der Waals surface area contributed by atoms with Gasteiger partial charge in [-0.2, -0.15) is 0 Å². The zero-order valence-electron chi connectivity index (χ0n) is 16.7. The van der Waals surface area contributed by atoms with Crippen LogP contribution in [-0.4, -0.2) is 52.3 Å². The van der Waals surface area contributed by atoms with E-state index in [1.54, 1.807) is 7.11 Å². The number of aromatic nitrogens is 2. The molecule has 6 nitrogen and oxygen atoms in total. The fourth-order valence-corrected chi connectivity index (χ4v) is 4.45. The van der Waals surface area contributed by atoms with E-state index >= 15 is 0 Å². The summed E-state index contributed by atoms with van der Waals surface area (Å²) in [5.74, 6) is 0.837. The van der Waals surface area contributed by atoms with Gasteiger partial charge in [-0.1, -0.05) is 42.1 Å². The molecule has 1 aliphatic rings. The average Bonchev–Trinajstić information content (AvgIpc) is 3.33. The van der Waals surface area contributed by atoms with Gasteiger partial charge in [-0.05, 0) is 31.0 Å². The molecule has 1 amide bonds. The lowest BCUT2D eigenvalue weighted by molar-refractivity contribution is -0.120. The molecule has 2 atom stereocenters. The second-order valence-corrected chi connectivity index (χ2v) is 8.73. The molecule has 0 radical (unpaired) electrons. The van der Waals surface area contributed by atoms with Crippen molar-refractivity contribution in [2.75, 3.05) is 20.2 Å². The third kappa shape index (κ3) is 4.92. The number of H-pyrrole nitrogens is 1. The first kappa shape index (κ1) is 19.8. The molecule has 1 saturated heterocycles.